The Hall–Kier alpha value is -2.45. The fourth-order valence-corrected chi connectivity index (χ4v) is 3.06. The van der Waals surface area contributed by atoms with Gasteiger partial charge in [0.05, 0.1) is 19.4 Å². The predicted molar refractivity (Wildman–Crippen MR) is 116 cm³/mol. The number of benzene rings is 1. The van der Waals surface area contributed by atoms with E-state index in [9.17, 15) is 4.79 Å². The van der Waals surface area contributed by atoms with Crippen LogP contribution in [0, 0.1) is 25.7 Å². The number of halogens is 2. The van der Waals surface area contributed by atoms with Gasteiger partial charge < -0.3 is 9.40 Å². The third-order valence-electron chi connectivity index (χ3n) is 4.27. The smallest absolute Gasteiger partial charge is 0.208 e. The van der Waals surface area contributed by atoms with E-state index in [1.807, 2.05) is 50.4 Å². The van der Waals surface area contributed by atoms with Crippen molar-refractivity contribution in [1.82, 2.24) is 9.88 Å². The lowest BCUT2D eigenvalue weighted by Crippen LogP contribution is -2.17. The highest BCUT2D eigenvalue weighted by Gasteiger charge is 2.12. The molecule has 0 fully saturated rings. The van der Waals surface area contributed by atoms with Gasteiger partial charge in [-0.1, -0.05) is 35.6 Å². The molecule has 28 heavy (non-hydrogen) atoms. The number of hydrogen-bond donors (Lipinski definition) is 1. The first-order chi connectivity index (χ1) is 13.0. The van der Waals surface area contributed by atoms with Gasteiger partial charge in [0.2, 0.25) is 5.43 Å². The van der Waals surface area contributed by atoms with Crippen LogP contribution >= 0.6 is 24.0 Å². The molecule has 2 aromatic heterocycles. The van der Waals surface area contributed by atoms with Crippen LogP contribution in [0.3, 0.4) is 0 Å². The number of hydrogen-bond acceptors (Lipinski definition) is 3. The SMILES string of the molecule is Cc1[nH]c(C)c(-c2ccc(C#CCN(C)Cc3ccco3)cc2)c(=O)c1Cl.Cl. The third-order valence-corrected chi connectivity index (χ3v) is 4.72. The highest BCUT2D eigenvalue weighted by Crippen LogP contribution is 2.22. The van der Waals surface area contributed by atoms with Gasteiger partial charge in [0.25, 0.3) is 0 Å². The van der Waals surface area contributed by atoms with Gasteiger partial charge in [0.15, 0.2) is 0 Å². The number of rotatable bonds is 4. The second kappa shape index (κ2) is 9.66. The molecular formula is C22H22Cl2N2O2. The first kappa shape index (κ1) is 21.8. The quantitative estimate of drug-likeness (QED) is 0.620. The normalized spacial score (nSPS) is 10.3. The molecule has 0 saturated carbocycles. The second-order valence-electron chi connectivity index (χ2n) is 6.52. The van der Waals surface area contributed by atoms with E-state index in [-0.39, 0.29) is 22.9 Å². The van der Waals surface area contributed by atoms with E-state index in [2.05, 4.69) is 21.7 Å². The Morgan fingerprint density at radius 3 is 2.50 bits per heavy atom. The predicted octanol–water partition coefficient (Wildman–Crippen LogP) is 4.81. The summed E-state index contributed by atoms with van der Waals surface area (Å²) >= 11 is 6.11. The number of nitrogens with one attached hydrogen (secondary N) is 1. The molecule has 0 amide bonds. The number of aromatic nitrogens is 1. The summed E-state index contributed by atoms with van der Waals surface area (Å²) < 4.78 is 5.33. The summed E-state index contributed by atoms with van der Waals surface area (Å²) in [5, 5.41) is 0.235. The molecule has 0 saturated heterocycles. The summed E-state index contributed by atoms with van der Waals surface area (Å²) in [7, 11) is 2.00. The van der Waals surface area contributed by atoms with Crippen molar-refractivity contribution in [3.05, 3.63) is 80.6 Å². The maximum atomic E-state index is 12.5. The highest BCUT2D eigenvalue weighted by atomic mass is 35.5. The number of furan rings is 1. The standard InChI is InChI=1S/C22H21ClN2O2.ClH/c1-15-20(22(26)21(23)16(2)24-15)18-10-8-17(9-11-18)6-4-12-25(3)14-19-7-5-13-27-19;/h5,7-11,13H,12,14H2,1-3H3,(H,24,26);1H. The van der Waals surface area contributed by atoms with Gasteiger partial charge in [-0.2, -0.15) is 0 Å². The van der Waals surface area contributed by atoms with E-state index in [4.69, 9.17) is 16.0 Å². The maximum Gasteiger partial charge on any atom is 0.208 e. The molecule has 1 aromatic carbocycles. The molecule has 4 nitrogen and oxygen atoms in total. The van der Waals surface area contributed by atoms with Crippen molar-refractivity contribution in [3.8, 4) is 23.0 Å². The fraction of sp³-hybridized carbons (Fsp3) is 0.227. The summed E-state index contributed by atoms with van der Waals surface area (Å²) in [6.45, 7) is 5.02. The monoisotopic (exact) mass is 416 g/mol. The molecule has 0 aliphatic rings. The van der Waals surface area contributed by atoms with Crippen molar-refractivity contribution in [3.63, 3.8) is 0 Å². The van der Waals surface area contributed by atoms with Crippen LogP contribution in [0.2, 0.25) is 5.02 Å². The minimum Gasteiger partial charge on any atom is -0.468 e. The summed E-state index contributed by atoms with van der Waals surface area (Å²) in [6.07, 6.45) is 1.67. The van der Waals surface area contributed by atoms with Crippen LogP contribution in [0.15, 0.2) is 51.9 Å². The van der Waals surface area contributed by atoms with E-state index in [0.717, 1.165) is 29.1 Å². The van der Waals surface area contributed by atoms with Crippen molar-refractivity contribution >= 4 is 24.0 Å². The first-order valence-electron chi connectivity index (χ1n) is 8.65. The molecule has 0 bridgehead atoms. The topological polar surface area (TPSA) is 49.2 Å². The lowest BCUT2D eigenvalue weighted by Gasteiger charge is -2.10. The average molecular weight is 417 g/mol. The minimum atomic E-state index is -0.149. The molecule has 0 radical (unpaired) electrons. The average Bonchev–Trinajstić information content (AvgIpc) is 3.14. The lowest BCUT2D eigenvalue weighted by atomic mass is 10.0. The largest absolute Gasteiger partial charge is 0.468 e. The van der Waals surface area contributed by atoms with Gasteiger partial charge in [-0.05, 0) is 50.7 Å². The van der Waals surface area contributed by atoms with Crippen LogP contribution < -0.4 is 5.43 Å². The Morgan fingerprint density at radius 2 is 1.86 bits per heavy atom. The van der Waals surface area contributed by atoms with E-state index < -0.39 is 0 Å². The van der Waals surface area contributed by atoms with Crippen LogP contribution in [0.5, 0.6) is 0 Å². The third kappa shape index (κ3) is 5.08. The minimum absolute atomic E-state index is 0. The van der Waals surface area contributed by atoms with Crippen LogP contribution in [0.25, 0.3) is 11.1 Å². The van der Waals surface area contributed by atoms with Crippen molar-refractivity contribution in [2.24, 2.45) is 0 Å². The molecule has 0 spiro atoms. The maximum absolute atomic E-state index is 12.5. The Kier molecular flexibility index (Phi) is 7.53. The Balaban J connectivity index is 0.00000280. The van der Waals surface area contributed by atoms with Crippen LogP contribution in [0.4, 0.5) is 0 Å². The Labute approximate surface area is 175 Å². The molecule has 0 atom stereocenters. The van der Waals surface area contributed by atoms with Gasteiger partial charge in [0, 0.05) is 22.5 Å². The van der Waals surface area contributed by atoms with Crippen molar-refractivity contribution < 1.29 is 4.42 Å². The molecule has 6 heteroatoms. The van der Waals surface area contributed by atoms with Gasteiger partial charge >= 0.3 is 0 Å². The zero-order valence-corrected chi connectivity index (χ0v) is 17.6. The van der Waals surface area contributed by atoms with Gasteiger partial charge in [-0.25, -0.2) is 0 Å². The Morgan fingerprint density at radius 1 is 1.14 bits per heavy atom. The number of aromatic amines is 1. The molecule has 0 aliphatic carbocycles. The van der Waals surface area contributed by atoms with Crippen LogP contribution in [-0.4, -0.2) is 23.5 Å². The first-order valence-corrected chi connectivity index (χ1v) is 9.02. The zero-order chi connectivity index (χ0) is 19.4. The number of H-pyrrole nitrogens is 1. The van der Waals surface area contributed by atoms with Crippen LogP contribution in [-0.2, 0) is 6.54 Å². The van der Waals surface area contributed by atoms with Gasteiger partial charge in [0.1, 0.15) is 10.8 Å². The molecule has 0 unspecified atom stereocenters. The molecule has 146 valence electrons. The molecular weight excluding hydrogens is 395 g/mol. The summed E-state index contributed by atoms with van der Waals surface area (Å²) in [5.74, 6) is 7.22. The molecule has 1 N–H and O–H groups in total. The summed E-state index contributed by atoms with van der Waals surface area (Å²) in [4.78, 5) is 17.7. The lowest BCUT2D eigenvalue weighted by molar-refractivity contribution is 0.326. The molecule has 3 rings (SSSR count). The number of nitrogens with zero attached hydrogens (tertiary/aromatic N) is 1. The molecule has 0 aliphatic heterocycles. The van der Waals surface area contributed by atoms with Gasteiger partial charge in [-0.15, -0.1) is 12.4 Å². The van der Waals surface area contributed by atoms with E-state index >= 15 is 0 Å². The van der Waals surface area contributed by atoms with Crippen LogP contribution in [0.1, 0.15) is 22.7 Å². The van der Waals surface area contributed by atoms with E-state index in [1.165, 1.54) is 0 Å². The second-order valence-corrected chi connectivity index (χ2v) is 6.90. The molecule has 3 aromatic rings. The van der Waals surface area contributed by atoms with Crippen molar-refractivity contribution in [1.29, 1.82) is 0 Å². The zero-order valence-electron chi connectivity index (χ0n) is 16.0. The fourth-order valence-electron chi connectivity index (χ4n) is 2.92. The Bertz CT molecular complexity index is 1040. The number of aryl methyl sites for hydroxylation is 2. The van der Waals surface area contributed by atoms with E-state index in [0.29, 0.717) is 17.8 Å². The number of pyridine rings is 1. The summed E-state index contributed by atoms with van der Waals surface area (Å²) in [6, 6.07) is 11.5. The highest BCUT2D eigenvalue weighted by molar-refractivity contribution is 6.31. The summed E-state index contributed by atoms with van der Waals surface area (Å²) in [5.41, 5.74) is 3.67. The van der Waals surface area contributed by atoms with Crippen molar-refractivity contribution in [2.45, 2.75) is 20.4 Å². The van der Waals surface area contributed by atoms with Crippen molar-refractivity contribution in [2.75, 3.05) is 13.6 Å². The van der Waals surface area contributed by atoms with E-state index in [1.54, 1.807) is 13.2 Å². The molecule has 2 heterocycles. The van der Waals surface area contributed by atoms with Gasteiger partial charge in [-0.3, -0.25) is 9.69 Å².